The predicted octanol–water partition coefficient (Wildman–Crippen LogP) is 2.41. The molecule has 1 amide bonds. The average molecular weight is 449 g/mol. The van der Waals surface area contributed by atoms with E-state index in [1.165, 1.54) is 17.3 Å². The molecule has 0 bridgehead atoms. The smallest absolute Gasteiger partial charge is 0.271 e. The number of piperidine rings is 1. The maximum atomic E-state index is 14.5. The monoisotopic (exact) mass is 449 g/mol. The highest BCUT2D eigenvalue weighted by atomic mass is 19.1. The Labute approximate surface area is 187 Å². The van der Waals surface area contributed by atoms with Crippen molar-refractivity contribution in [2.24, 2.45) is 0 Å². The van der Waals surface area contributed by atoms with E-state index in [1.54, 1.807) is 24.4 Å². The summed E-state index contributed by atoms with van der Waals surface area (Å²) in [5.41, 5.74) is 0.727. The van der Waals surface area contributed by atoms with Gasteiger partial charge in [-0.15, -0.1) is 0 Å². The van der Waals surface area contributed by atoms with Crippen molar-refractivity contribution >= 4 is 40.3 Å². The summed E-state index contributed by atoms with van der Waals surface area (Å²) < 4.78 is 21.8. The van der Waals surface area contributed by atoms with Gasteiger partial charge >= 0.3 is 0 Å². The van der Waals surface area contributed by atoms with Crippen LogP contribution < -0.4 is 20.3 Å². The highest BCUT2D eigenvalue weighted by Gasteiger charge is 2.29. The number of hydrogen-bond acceptors (Lipinski definition) is 8. The van der Waals surface area contributed by atoms with Crippen molar-refractivity contribution in [3.05, 3.63) is 42.6 Å². The van der Waals surface area contributed by atoms with Gasteiger partial charge in [0.05, 0.1) is 6.20 Å². The normalized spacial score (nSPS) is 16.6. The molecule has 0 atom stereocenters. The minimum Gasteiger partial charge on any atom is -0.480 e. The number of nitrogens with zero attached hydrogens (tertiary/aromatic N) is 6. The van der Waals surface area contributed by atoms with E-state index in [4.69, 9.17) is 4.74 Å². The number of halogens is 1. The van der Waals surface area contributed by atoms with E-state index in [0.717, 1.165) is 25.9 Å². The van der Waals surface area contributed by atoms with Crippen molar-refractivity contribution in [1.29, 1.82) is 0 Å². The molecule has 1 saturated heterocycles. The zero-order valence-corrected chi connectivity index (χ0v) is 17.5. The van der Waals surface area contributed by atoms with Gasteiger partial charge in [0.25, 0.3) is 5.91 Å². The van der Waals surface area contributed by atoms with E-state index >= 15 is 0 Å². The number of aromatic amines is 1. The number of anilines is 4. The summed E-state index contributed by atoms with van der Waals surface area (Å²) in [5, 5.41) is 13.5. The van der Waals surface area contributed by atoms with Gasteiger partial charge in [0, 0.05) is 24.5 Å². The summed E-state index contributed by atoms with van der Waals surface area (Å²) in [6, 6.07) is 5.32. The largest absolute Gasteiger partial charge is 0.480 e. The Bertz CT molecular complexity index is 1340. The number of amides is 1. The zero-order chi connectivity index (χ0) is 22.4. The number of hydrogen-bond donors (Lipinski definition) is 3. The molecule has 0 saturated carbocycles. The Morgan fingerprint density at radius 2 is 2.09 bits per heavy atom. The first-order valence-corrected chi connectivity index (χ1v) is 10.6. The Morgan fingerprint density at radius 1 is 1.21 bits per heavy atom. The fourth-order valence-corrected chi connectivity index (χ4v) is 4.25. The molecule has 2 aliphatic rings. The van der Waals surface area contributed by atoms with Crippen LogP contribution in [-0.2, 0) is 4.79 Å². The van der Waals surface area contributed by atoms with E-state index in [0.29, 0.717) is 34.7 Å². The number of carbonyl (C=O) groups is 1. The SMILES string of the molecule is O=C1COc2cccnc2N1c1cc(Nc2cnc3c(F)cn(C4CCNCC4)c3n2)n[nH]1. The van der Waals surface area contributed by atoms with Gasteiger partial charge in [-0.3, -0.25) is 9.89 Å². The lowest BCUT2D eigenvalue weighted by atomic mass is 10.1. The molecule has 6 rings (SSSR count). The summed E-state index contributed by atoms with van der Waals surface area (Å²) in [4.78, 5) is 27.0. The third-order valence-corrected chi connectivity index (χ3v) is 5.80. The fraction of sp³-hybridized carbons (Fsp3) is 0.286. The van der Waals surface area contributed by atoms with Crippen LogP contribution in [0.3, 0.4) is 0 Å². The first-order valence-electron chi connectivity index (χ1n) is 10.6. The molecule has 33 heavy (non-hydrogen) atoms. The van der Waals surface area contributed by atoms with Gasteiger partial charge in [-0.1, -0.05) is 0 Å². The first-order chi connectivity index (χ1) is 16.2. The Morgan fingerprint density at radius 3 is 2.97 bits per heavy atom. The molecular formula is C21H20FN9O2. The summed E-state index contributed by atoms with van der Waals surface area (Å²) in [6.07, 6.45) is 6.32. The van der Waals surface area contributed by atoms with Gasteiger partial charge in [0.2, 0.25) is 0 Å². The molecule has 0 aliphatic carbocycles. The number of pyridine rings is 1. The number of fused-ring (bicyclic) bond motifs is 2. The fourth-order valence-electron chi connectivity index (χ4n) is 4.25. The van der Waals surface area contributed by atoms with Crippen LogP contribution in [0.2, 0.25) is 0 Å². The van der Waals surface area contributed by atoms with Gasteiger partial charge in [-0.2, -0.15) is 5.10 Å². The summed E-state index contributed by atoms with van der Waals surface area (Å²) in [7, 11) is 0. The molecule has 6 heterocycles. The summed E-state index contributed by atoms with van der Waals surface area (Å²) in [5.74, 6) is 1.52. The second-order valence-electron chi connectivity index (χ2n) is 7.90. The Kier molecular flexibility index (Phi) is 4.64. The molecule has 11 nitrogen and oxygen atoms in total. The second-order valence-corrected chi connectivity index (χ2v) is 7.90. The lowest BCUT2D eigenvalue weighted by molar-refractivity contribution is -0.120. The van der Waals surface area contributed by atoms with Crippen LogP contribution in [0.25, 0.3) is 11.2 Å². The topological polar surface area (TPSA) is 126 Å². The molecule has 0 spiro atoms. The van der Waals surface area contributed by atoms with Gasteiger partial charge in [0.15, 0.2) is 41.3 Å². The lowest BCUT2D eigenvalue weighted by Gasteiger charge is -2.26. The Hall–Kier alpha value is -4.06. The van der Waals surface area contributed by atoms with Crippen molar-refractivity contribution in [3.63, 3.8) is 0 Å². The van der Waals surface area contributed by atoms with E-state index in [9.17, 15) is 9.18 Å². The van der Waals surface area contributed by atoms with Crippen molar-refractivity contribution < 1.29 is 13.9 Å². The first kappa shape index (κ1) is 19.6. The standard InChI is InChI=1S/C21H20FN9O2/c22-13-10-30(12-3-6-23-7-4-12)21-19(13)25-9-16(27-21)26-15-8-17(29-28-15)31-18(32)11-33-14-2-1-5-24-20(14)31/h1-2,5,8-10,12,23H,3-4,6-7,11H2,(H2,26,27,28,29). The molecule has 4 aromatic heterocycles. The number of nitrogens with one attached hydrogen (secondary N) is 3. The molecule has 12 heteroatoms. The molecule has 3 N–H and O–H groups in total. The molecule has 1 fully saturated rings. The van der Waals surface area contributed by atoms with Crippen LogP contribution in [0.4, 0.5) is 27.7 Å². The predicted molar refractivity (Wildman–Crippen MR) is 117 cm³/mol. The third-order valence-electron chi connectivity index (χ3n) is 5.80. The molecule has 168 valence electrons. The third kappa shape index (κ3) is 3.44. The van der Waals surface area contributed by atoms with E-state index < -0.39 is 0 Å². The number of rotatable bonds is 4. The minimum absolute atomic E-state index is 0.0954. The molecule has 4 aromatic rings. The highest BCUT2D eigenvalue weighted by Crippen LogP contribution is 2.35. The van der Waals surface area contributed by atoms with Crippen molar-refractivity contribution in [2.75, 3.05) is 29.9 Å². The van der Waals surface area contributed by atoms with Crippen LogP contribution in [0.1, 0.15) is 18.9 Å². The van der Waals surface area contributed by atoms with Gasteiger partial charge < -0.3 is 19.9 Å². The van der Waals surface area contributed by atoms with Crippen LogP contribution in [0, 0.1) is 5.82 Å². The minimum atomic E-state index is -0.387. The second kappa shape index (κ2) is 7.81. The van der Waals surface area contributed by atoms with Crippen molar-refractivity contribution in [2.45, 2.75) is 18.9 Å². The number of ether oxygens (including phenoxy) is 1. The molecular weight excluding hydrogens is 429 g/mol. The number of H-pyrrole nitrogens is 1. The maximum absolute atomic E-state index is 14.5. The number of carbonyl (C=O) groups excluding carboxylic acids is 1. The maximum Gasteiger partial charge on any atom is 0.271 e. The average Bonchev–Trinajstić information content (AvgIpc) is 3.43. The number of aromatic nitrogens is 6. The highest BCUT2D eigenvalue weighted by molar-refractivity contribution is 6.02. The molecule has 0 unspecified atom stereocenters. The molecule has 2 aliphatic heterocycles. The van der Waals surface area contributed by atoms with Crippen LogP contribution in [-0.4, -0.2) is 55.3 Å². The van der Waals surface area contributed by atoms with Crippen LogP contribution in [0.15, 0.2) is 36.8 Å². The molecule has 0 aromatic carbocycles. The summed E-state index contributed by atoms with van der Waals surface area (Å²) in [6.45, 7) is 1.67. The zero-order valence-electron chi connectivity index (χ0n) is 17.5. The van der Waals surface area contributed by atoms with Gasteiger partial charge in [-0.25, -0.2) is 24.2 Å². The Balaban J connectivity index is 1.29. The van der Waals surface area contributed by atoms with Gasteiger partial charge in [-0.05, 0) is 38.1 Å². The summed E-state index contributed by atoms with van der Waals surface area (Å²) >= 11 is 0. The van der Waals surface area contributed by atoms with Crippen molar-refractivity contribution in [3.8, 4) is 5.75 Å². The van der Waals surface area contributed by atoms with Gasteiger partial charge in [0.1, 0.15) is 11.3 Å². The van der Waals surface area contributed by atoms with Crippen LogP contribution >= 0.6 is 0 Å². The van der Waals surface area contributed by atoms with E-state index in [2.05, 4.69) is 35.8 Å². The lowest BCUT2D eigenvalue weighted by Crippen LogP contribution is -2.36. The van der Waals surface area contributed by atoms with Crippen molar-refractivity contribution in [1.82, 2.24) is 35.0 Å². The van der Waals surface area contributed by atoms with E-state index in [-0.39, 0.29) is 29.9 Å². The van der Waals surface area contributed by atoms with E-state index in [1.807, 2.05) is 4.57 Å². The quantitative estimate of drug-likeness (QED) is 0.434. The molecule has 0 radical (unpaired) electrons. The van der Waals surface area contributed by atoms with Crippen LogP contribution in [0.5, 0.6) is 5.75 Å².